The molecule has 1 atom stereocenters. The van der Waals surface area contributed by atoms with Gasteiger partial charge in [0.25, 0.3) is 0 Å². The molecule has 86 valence electrons. The van der Waals surface area contributed by atoms with Crippen molar-refractivity contribution in [3.63, 3.8) is 0 Å². The highest BCUT2D eigenvalue weighted by molar-refractivity contribution is 6.77. The third kappa shape index (κ3) is 14.6. The van der Waals surface area contributed by atoms with Gasteiger partial charge in [0.05, 0.1) is 8.07 Å². The summed E-state index contributed by atoms with van der Waals surface area (Å²) in [7, 11) is -3.21. The van der Waals surface area contributed by atoms with Crippen molar-refractivity contribution in [1.29, 1.82) is 0 Å². The molecule has 0 bridgehead atoms. The Balaban J connectivity index is 0. The first-order valence-corrected chi connectivity index (χ1v) is 8.45. The number of hydrogen-bond acceptors (Lipinski definition) is 4. The van der Waals surface area contributed by atoms with Gasteiger partial charge in [-0.05, 0) is 18.0 Å². The second-order valence-corrected chi connectivity index (χ2v) is 10.4. The van der Waals surface area contributed by atoms with Crippen LogP contribution in [0.4, 0.5) is 0 Å². The van der Waals surface area contributed by atoms with E-state index in [0.717, 1.165) is 5.92 Å². The lowest BCUT2D eigenvalue weighted by molar-refractivity contribution is 0.278. The van der Waals surface area contributed by atoms with E-state index in [9.17, 15) is 0 Å². The van der Waals surface area contributed by atoms with Gasteiger partial charge in [-0.15, -0.1) is 0 Å². The van der Waals surface area contributed by atoms with Crippen molar-refractivity contribution in [2.75, 3.05) is 0 Å². The van der Waals surface area contributed by atoms with Gasteiger partial charge in [-0.3, -0.25) is 0 Å². The van der Waals surface area contributed by atoms with E-state index >= 15 is 0 Å². The van der Waals surface area contributed by atoms with Crippen molar-refractivity contribution >= 4 is 15.4 Å². The summed E-state index contributed by atoms with van der Waals surface area (Å²) in [6.45, 7) is 11.5. The average molecular weight is 221 g/mol. The summed E-state index contributed by atoms with van der Waals surface area (Å²) >= 11 is 0. The minimum absolute atomic E-state index is 0.479. The number of nitrogens with two attached hydrogens (primary N) is 1. The van der Waals surface area contributed by atoms with Crippen LogP contribution in [0.15, 0.2) is 0 Å². The molecule has 0 aromatic heterocycles. The fourth-order valence-corrected chi connectivity index (χ4v) is 2.04. The molecule has 0 spiro atoms. The van der Waals surface area contributed by atoms with Crippen molar-refractivity contribution in [2.24, 2.45) is 11.7 Å². The van der Waals surface area contributed by atoms with Crippen molar-refractivity contribution in [1.82, 2.24) is 0 Å². The van der Waals surface area contributed by atoms with Gasteiger partial charge in [0.15, 0.2) is 0 Å². The van der Waals surface area contributed by atoms with Crippen LogP contribution in [0, 0.1) is 5.92 Å². The highest BCUT2D eigenvalue weighted by atomic mass is 28.3. The van der Waals surface area contributed by atoms with Gasteiger partial charge in [0.2, 0.25) is 0 Å². The molecule has 0 radical (unpaired) electrons. The van der Waals surface area contributed by atoms with Crippen molar-refractivity contribution in [3.8, 4) is 0 Å². The summed E-state index contributed by atoms with van der Waals surface area (Å²) in [4.78, 5) is 0. The smallest absolute Gasteiger partial charge is 0.402 e. The minimum Gasteiger partial charge on any atom is -0.402 e. The van der Waals surface area contributed by atoms with E-state index in [1.807, 2.05) is 0 Å². The van der Waals surface area contributed by atoms with Crippen LogP contribution in [0.25, 0.3) is 0 Å². The standard InChI is InChI=1S/C8H21NSi.BH3O3/c1-7(2)6-8(9)10(3,4)5;2-1(3)4/h7-8H,6,9H2,1-5H3;2-4H. The maximum atomic E-state index is 7.17. The van der Waals surface area contributed by atoms with Crippen LogP contribution in [0.2, 0.25) is 19.6 Å². The minimum atomic E-state index is -2.17. The van der Waals surface area contributed by atoms with Crippen LogP contribution in [-0.2, 0) is 0 Å². The van der Waals surface area contributed by atoms with Gasteiger partial charge < -0.3 is 20.8 Å². The van der Waals surface area contributed by atoms with Crippen LogP contribution in [0.5, 0.6) is 0 Å². The van der Waals surface area contributed by atoms with Crippen LogP contribution in [0.3, 0.4) is 0 Å². The molecule has 0 aliphatic carbocycles. The zero-order valence-corrected chi connectivity index (χ0v) is 10.9. The first-order chi connectivity index (χ1) is 6.07. The van der Waals surface area contributed by atoms with Crippen LogP contribution in [0.1, 0.15) is 20.3 Å². The molecular formula is C8H24BNO3Si. The van der Waals surface area contributed by atoms with E-state index in [-0.39, 0.29) is 0 Å². The van der Waals surface area contributed by atoms with Gasteiger partial charge in [-0.25, -0.2) is 0 Å². The summed E-state index contributed by atoms with van der Waals surface area (Å²) in [5.74, 6) is 0.752. The molecule has 0 aromatic rings. The third-order valence-corrected chi connectivity index (χ3v) is 4.30. The lowest BCUT2D eigenvalue weighted by Gasteiger charge is -2.26. The predicted molar refractivity (Wildman–Crippen MR) is 63.2 cm³/mol. The van der Waals surface area contributed by atoms with E-state index in [0.29, 0.717) is 5.67 Å². The maximum absolute atomic E-state index is 7.17. The van der Waals surface area contributed by atoms with E-state index in [1.54, 1.807) is 0 Å². The maximum Gasteiger partial charge on any atom is 0.631 e. The Kier molecular flexibility index (Phi) is 8.77. The van der Waals surface area contributed by atoms with Crippen LogP contribution >= 0.6 is 0 Å². The van der Waals surface area contributed by atoms with E-state index in [4.69, 9.17) is 20.8 Å². The largest absolute Gasteiger partial charge is 0.631 e. The highest BCUT2D eigenvalue weighted by Crippen LogP contribution is 2.13. The Labute approximate surface area is 88.3 Å². The Morgan fingerprint density at radius 1 is 1.14 bits per heavy atom. The molecule has 1 unspecified atom stereocenters. The second kappa shape index (κ2) is 7.42. The average Bonchev–Trinajstić information content (AvgIpc) is 1.81. The predicted octanol–water partition coefficient (Wildman–Crippen LogP) is 0.185. The fourth-order valence-electron chi connectivity index (χ4n) is 0.861. The molecule has 0 aliphatic heterocycles. The highest BCUT2D eigenvalue weighted by Gasteiger charge is 2.23. The third-order valence-electron chi connectivity index (χ3n) is 1.84. The summed E-state index contributed by atoms with van der Waals surface area (Å²) < 4.78 is 0. The van der Waals surface area contributed by atoms with Crippen molar-refractivity contribution < 1.29 is 15.1 Å². The monoisotopic (exact) mass is 221 g/mol. The van der Waals surface area contributed by atoms with E-state index in [2.05, 4.69) is 33.5 Å². The molecule has 0 heterocycles. The van der Waals surface area contributed by atoms with Gasteiger partial charge in [0, 0.05) is 0 Å². The molecule has 0 saturated carbocycles. The van der Waals surface area contributed by atoms with E-state index < -0.39 is 15.4 Å². The van der Waals surface area contributed by atoms with Gasteiger partial charge >= 0.3 is 7.32 Å². The Morgan fingerprint density at radius 2 is 1.43 bits per heavy atom. The Hall–Kier alpha value is 0.122. The second-order valence-electron chi connectivity index (χ2n) is 4.95. The molecule has 0 saturated heterocycles. The molecule has 5 N–H and O–H groups in total. The molecule has 0 amide bonds. The molecule has 0 rings (SSSR count). The van der Waals surface area contributed by atoms with Crippen LogP contribution < -0.4 is 5.73 Å². The molecule has 0 aliphatic rings. The molecular weight excluding hydrogens is 197 g/mol. The summed E-state index contributed by atoms with van der Waals surface area (Å²) in [6, 6.07) is 0. The molecule has 0 fully saturated rings. The van der Waals surface area contributed by atoms with Gasteiger partial charge in [-0.1, -0.05) is 33.5 Å². The Bertz CT molecular complexity index is 136. The molecule has 14 heavy (non-hydrogen) atoms. The van der Waals surface area contributed by atoms with Gasteiger partial charge in [-0.2, -0.15) is 0 Å². The SMILES string of the molecule is CC(C)CC(N)[Si](C)(C)C.OB(O)O. The molecule has 6 heteroatoms. The summed E-state index contributed by atoms with van der Waals surface area (Å²) in [5.41, 5.74) is 6.49. The van der Waals surface area contributed by atoms with E-state index in [1.165, 1.54) is 6.42 Å². The van der Waals surface area contributed by atoms with Crippen molar-refractivity contribution in [2.45, 2.75) is 45.6 Å². The zero-order chi connectivity index (χ0) is 11.9. The summed E-state index contributed by atoms with van der Waals surface area (Å²) in [5, 5.41) is 21.5. The molecule has 4 nitrogen and oxygen atoms in total. The Morgan fingerprint density at radius 3 is 1.50 bits per heavy atom. The van der Waals surface area contributed by atoms with Crippen molar-refractivity contribution in [3.05, 3.63) is 0 Å². The first kappa shape index (κ1) is 16.5. The van der Waals surface area contributed by atoms with Gasteiger partial charge in [0.1, 0.15) is 0 Å². The fraction of sp³-hybridized carbons (Fsp3) is 1.00. The normalized spacial score (nSPS) is 13.3. The number of rotatable bonds is 3. The number of hydrogen-bond donors (Lipinski definition) is 4. The summed E-state index contributed by atoms with van der Waals surface area (Å²) in [6.07, 6.45) is 1.19. The lowest BCUT2D eigenvalue weighted by Crippen LogP contribution is -2.45. The van der Waals surface area contributed by atoms with Crippen LogP contribution in [-0.4, -0.2) is 36.1 Å². The first-order valence-electron chi connectivity index (χ1n) is 4.87. The zero-order valence-electron chi connectivity index (χ0n) is 9.86. The molecule has 0 aromatic carbocycles. The topological polar surface area (TPSA) is 86.7 Å². The lowest BCUT2D eigenvalue weighted by atomic mass is 10.1. The quantitative estimate of drug-likeness (QED) is 0.512.